The van der Waals surface area contributed by atoms with Gasteiger partial charge in [-0.3, -0.25) is 0 Å². The van der Waals surface area contributed by atoms with Gasteiger partial charge in [0.05, 0.1) is 0 Å². The fourth-order valence-electron chi connectivity index (χ4n) is 1.14. The Bertz CT molecular complexity index is 261. The standard InChI is InChI=1S/C11H21NO4.Cs.H/c1-7(2)6-8(9(13)14)12-10(15)16-11(3,4)5;;/h7-8H,6H2,1-5H3,(H,12,15)(H,13,14);;/t8-;;/m0../s1. The van der Waals surface area contributed by atoms with Crippen molar-refractivity contribution in [3.63, 3.8) is 0 Å². The van der Waals surface area contributed by atoms with Crippen LogP contribution >= 0.6 is 0 Å². The molecular weight excluding hydrogens is 343 g/mol. The van der Waals surface area contributed by atoms with Gasteiger partial charge in [-0.1, -0.05) is 13.8 Å². The van der Waals surface area contributed by atoms with Gasteiger partial charge in [-0.25, -0.2) is 9.59 Å². The van der Waals surface area contributed by atoms with Crippen LogP contribution in [0.1, 0.15) is 41.0 Å². The first kappa shape index (κ1) is 20.1. The van der Waals surface area contributed by atoms with Gasteiger partial charge in [0.2, 0.25) is 0 Å². The van der Waals surface area contributed by atoms with Crippen molar-refractivity contribution in [2.24, 2.45) is 5.92 Å². The second kappa shape index (κ2) is 8.82. The zero-order valence-corrected chi connectivity index (χ0v) is 10.5. The molecule has 1 atom stereocenters. The van der Waals surface area contributed by atoms with Crippen molar-refractivity contribution < 1.29 is 19.4 Å². The topological polar surface area (TPSA) is 75.6 Å². The molecule has 0 radical (unpaired) electrons. The summed E-state index contributed by atoms with van der Waals surface area (Å²) in [6, 6.07) is -0.894. The van der Waals surface area contributed by atoms with Crippen LogP contribution in [0.4, 0.5) is 4.79 Å². The summed E-state index contributed by atoms with van der Waals surface area (Å²) >= 11 is 0. The molecule has 0 aliphatic heterocycles. The summed E-state index contributed by atoms with van der Waals surface area (Å²) in [5, 5.41) is 11.2. The van der Waals surface area contributed by atoms with Gasteiger partial charge in [0.1, 0.15) is 11.6 Å². The number of nitrogens with one attached hydrogen (secondary N) is 1. The molecule has 5 nitrogen and oxygen atoms in total. The molecule has 0 aliphatic rings. The van der Waals surface area contributed by atoms with E-state index in [2.05, 4.69) is 5.32 Å². The SMILES string of the molecule is CC(C)C[C@H](NC(=O)OC(C)(C)C)C(=O)O.[CsH]. The van der Waals surface area contributed by atoms with Gasteiger partial charge in [-0.05, 0) is 33.1 Å². The molecule has 6 heteroatoms. The third-order valence-electron chi connectivity index (χ3n) is 1.70. The number of carboxylic acid groups (broad SMARTS) is 1. The average Bonchev–Trinajstić information content (AvgIpc) is 1.97. The number of hydrogen-bond acceptors (Lipinski definition) is 3. The van der Waals surface area contributed by atoms with E-state index in [1.54, 1.807) is 20.8 Å². The molecule has 0 aromatic heterocycles. The quantitative estimate of drug-likeness (QED) is 0.789. The second-order valence-electron chi connectivity index (χ2n) is 5.17. The van der Waals surface area contributed by atoms with Crippen molar-refractivity contribution in [1.29, 1.82) is 0 Å². The number of ether oxygens (including phenoxy) is 1. The van der Waals surface area contributed by atoms with E-state index in [1.807, 2.05) is 13.8 Å². The molecule has 0 rings (SSSR count). The summed E-state index contributed by atoms with van der Waals surface area (Å²) in [5.41, 5.74) is -0.620. The van der Waals surface area contributed by atoms with E-state index in [-0.39, 0.29) is 74.8 Å². The molecule has 0 aliphatic carbocycles. The summed E-state index contributed by atoms with van der Waals surface area (Å²) in [6.45, 7) is 8.97. The second-order valence-corrected chi connectivity index (χ2v) is 5.17. The normalized spacial score (nSPS) is 12.6. The zero-order chi connectivity index (χ0) is 12.9. The Balaban J connectivity index is 0. The molecule has 0 fully saturated rings. The fourth-order valence-corrected chi connectivity index (χ4v) is 1.14. The van der Waals surface area contributed by atoms with Gasteiger partial charge in [-0.15, -0.1) is 0 Å². The molecule has 0 bridgehead atoms. The van der Waals surface area contributed by atoms with Gasteiger partial charge >= 0.3 is 81.0 Å². The van der Waals surface area contributed by atoms with Crippen LogP contribution in [-0.4, -0.2) is 97.7 Å². The van der Waals surface area contributed by atoms with Crippen molar-refractivity contribution in [2.45, 2.75) is 52.7 Å². The van der Waals surface area contributed by atoms with Gasteiger partial charge in [0.15, 0.2) is 0 Å². The number of rotatable bonds is 4. The predicted molar refractivity (Wildman–Crippen MR) is 67.4 cm³/mol. The Morgan fingerprint density at radius 1 is 1.29 bits per heavy atom. The van der Waals surface area contributed by atoms with Crippen molar-refractivity contribution >= 4 is 81.0 Å². The molecule has 17 heavy (non-hydrogen) atoms. The van der Waals surface area contributed by atoms with Crippen LogP contribution in [0.3, 0.4) is 0 Å². The molecule has 0 unspecified atom stereocenters. The number of carbonyl (C=O) groups is 2. The number of carboxylic acids is 1. The van der Waals surface area contributed by atoms with E-state index in [0.29, 0.717) is 6.42 Å². The van der Waals surface area contributed by atoms with E-state index in [9.17, 15) is 9.59 Å². The predicted octanol–water partition coefficient (Wildman–Crippen LogP) is 1.36. The first-order valence-electron chi connectivity index (χ1n) is 5.34. The Morgan fingerprint density at radius 2 is 1.76 bits per heavy atom. The molecule has 0 spiro atoms. The van der Waals surface area contributed by atoms with Crippen LogP contribution in [0.15, 0.2) is 0 Å². The average molecular weight is 365 g/mol. The zero-order valence-electron chi connectivity index (χ0n) is 10.5. The molecular formula is C11H22CsNO4. The number of amides is 1. The third-order valence-corrected chi connectivity index (χ3v) is 1.70. The minimum atomic E-state index is -1.04. The van der Waals surface area contributed by atoms with Crippen LogP contribution < -0.4 is 5.32 Å². The summed E-state index contributed by atoms with van der Waals surface area (Å²) in [5.74, 6) is -0.851. The van der Waals surface area contributed by atoms with Crippen molar-refractivity contribution in [1.82, 2.24) is 5.32 Å². The van der Waals surface area contributed by atoms with Crippen LogP contribution in [-0.2, 0) is 9.53 Å². The molecule has 0 saturated heterocycles. The van der Waals surface area contributed by atoms with E-state index in [1.165, 1.54) is 0 Å². The Kier molecular flexibility index (Phi) is 10.4. The molecule has 96 valence electrons. The monoisotopic (exact) mass is 365 g/mol. The Hall–Kier alpha value is 0.792. The maximum atomic E-state index is 11.4. The summed E-state index contributed by atoms with van der Waals surface area (Å²) in [4.78, 5) is 22.2. The first-order valence-corrected chi connectivity index (χ1v) is 5.34. The number of aliphatic carboxylic acids is 1. The van der Waals surface area contributed by atoms with Crippen molar-refractivity contribution in [3.8, 4) is 0 Å². The molecule has 1 amide bonds. The summed E-state index contributed by atoms with van der Waals surface area (Å²) < 4.78 is 4.99. The summed E-state index contributed by atoms with van der Waals surface area (Å²) in [7, 11) is 0. The van der Waals surface area contributed by atoms with E-state index in [4.69, 9.17) is 9.84 Å². The van der Waals surface area contributed by atoms with Crippen LogP contribution in [0.25, 0.3) is 0 Å². The Labute approximate surface area is 161 Å². The number of carbonyl (C=O) groups excluding carboxylic acids is 1. The van der Waals surface area contributed by atoms with Crippen LogP contribution in [0.5, 0.6) is 0 Å². The number of hydrogen-bond donors (Lipinski definition) is 2. The fraction of sp³-hybridized carbons (Fsp3) is 0.818. The molecule has 0 heterocycles. The van der Waals surface area contributed by atoms with E-state index < -0.39 is 23.7 Å². The van der Waals surface area contributed by atoms with E-state index in [0.717, 1.165) is 0 Å². The van der Waals surface area contributed by atoms with Gasteiger partial charge in [-0.2, -0.15) is 0 Å². The Morgan fingerprint density at radius 3 is 2.06 bits per heavy atom. The third kappa shape index (κ3) is 11.6. The maximum absolute atomic E-state index is 11.4. The molecule has 2 N–H and O–H groups in total. The summed E-state index contributed by atoms with van der Waals surface area (Å²) in [6.07, 6.45) is -0.310. The minimum absolute atomic E-state index is 0. The van der Waals surface area contributed by atoms with Crippen molar-refractivity contribution in [3.05, 3.63) is 0 Å². The van der Waals surface area contributed by atoms with Gasteiger partial charge in [0, 0.05) is 0 Å². The number of alkyl carbamates (subject to hydrolysis) is 1. The molecule has 0 aromatic carbocycles. The van der Waals surface area contributed by atoms with E-state index >= 15 is 0 Å². The molecule has 0 saturated carbocycles. The van der Waals surface area contributed by atoms with Gasteiger partial charge < -0.3 is 15.2 Å². The van der Waals surface area contributed by atoms with Gasteiger partial charge in [0.25, 0.3) is 0 Å². The molecule has 0 aromatic rings. The van der Waals surface area contributed by atoms with Crippen LogP contribution in [0, 0.1) is 5.92 Å². The first-order chi connectivity index (χ1) is 7.11. The van der Waals surface area contributed by atoms with Crippen LogP contribution in [0.2, 0.25) is 0 Å². The van der Waals surface area contributed by atoms with Crippen molar-refractivity contribution in [2.75, 3.05) is 0 Å².